The van der Waals surface area contributed by atoms with Gasteiger partial charge in [0.15, 0.2) is 0 Å². The van der Waals surface area contributed by atoms with E-state index in [9.17, 15) is 8.78 Å². The van der Waals surface area contributed by atoms with Crippen LogP contribution in [0, 0.1) is 29.1 Å². The first-order chi connectivity index (χ1) is 12.7. The number of nitrogens with zero attached hydrogens (tertiary/aromatic N) is 1. The van der Waals surface area contributed by atoms with Gasteiger partial charge in [-0.2, -0.15) is 5.26 Å². The van der Waals surface area contributed by atoms with E-state index in [-0.39, 0.29) is 6.42 Å². The molecule has 0 heterocycles. The number of halogens is 2. The lowest BCUT2D eigenvalue weighted by molar-refractivity contribution is 0.151. The van der Waals surface area contributed by atoms with Crippen molar-refractivity contribution in [2.45, 2.75) is 70.1 Å². The third kappa shape index (κ3) is 5.16. The van der Waals surface area contributed by atoms with Crippen molar-refractivity contribution in [1.29, 1.82) is 5.26 Å². The maximum absolute atomic E-state index is 12.2. The molecule has 0 saturated heterocycles. The molecule has 1 nitrogen and oxygen atoms in total. The van der Waals surface area contributed by atoms with Crippen molar-refractivity contribution >= 4 is 0 Å². The van der Waals surface area contributed by atoms with Gasteiger partial charge in [-0.05, 0) is 92.7 Å². The molecule has 0 N–H and O–H groups in total. The molecule has 0 bridgehead atoms. The lowest BCUT2D eigenvalue weighted by Crippen LogP contribution is -2.25. The van der Waals surface area contributed by atoms with Crippen LogP contribution in [0.3, 0.4) is 0 Å². The lowest BCUT2D eigenvalue weighted by Gasteiger charge is -2.37. The molecule has 3 heteroatoms. The van der Waals surface area contributed by atoms with Crippen LogP contribution < -0.4 is 0 Å². The van der Waals surface area contributed by atoms with Crippen molar-refractivity contribution in [1.82, 2.24) is 0 Å². The minimum Gasteiger partial charge on any atom is -0.210 e. The fourth-order valence-electron chi connectivity index (χ4n) is 4.94. The Morgan fingerprint density at radius 1 is 0.923 bits per heavy atom. The Labute approximate surface area is 156 Å². The fraction of sp³-hybridized carbons (Fsp3) is 0.609. The first-order valence-electron chi connectivity index (χ1n) is 10.1. The van der Waals surface area contributed by atoms with Gasteiger partial charge in [-0.3, -0.25) is 0 Å². The highest BCUT2D eigenvalue weighted by Crippen LogP contribution is 2.44. The second-order valence-corrected chi connectivity index (χ2v) is 8.08. The van der Waals surface area contributed by atoms with E-state index in [2.05, 4.69) is 18.2 Å². The summed E-state index contributed by atoms with van der Waals surface area (Å²) in [5, 5.41) is 8.92. The Balaban J connectivity index is 1.43. The molecule has 0 amide bonds. The quantitative estimate of drug-likeness (QED) is 0.529. The van der Waals surface area contributed by atoms with E-state index < -0.39 is 6.43 Å². The summed E-state index contributed by atoms with van der Waals surface area (Å²) in [5.74, 6) is 2.83. The number of rotatable bonds is 5. The van der Waals surface area contributed by atoms with Gasteiger partial charge in [0.2, 0.25) is 6.43 Å². The molecule has 2 aliphatic rings. The zero-order chi connectivity index (χ0) is 18.4. The molecule has 2 fully saturated rings. The van der Waals surface area contributed by atoms with Gasteiger partial charge in [0.05, 0.1) is 11.6 Å². The van der Waals surface area contributed by atoms with Gasteiger partial charge in [0, 0.05) is 6.42 Å². The van der Waals surface area contributed by atoms with Crippen LogP contribution in [0.5, 0.6) is 0 Å². The SMILES string of the molecule is N#Cc1ccc(C2CCC(C3CCC(C=CCC(F)F)CC3)CC2)cc1. The summed E-state index contributed by atoms with van der Waals surface area (Å²) in [6, 6.07) is 10.3. The standard InChI is InChI=1S/C23H29F2N/c24-23(25)3-1-2-17-4-8-19(9-5-17)21-12-14-22(15-13-21)20-10-6-18(16-26)7-11-20/h1-2,6-7,10-11,17,19,21-23H,3-5,8-9,12-15H2. The average Bonchev–Trinajstić information content (AvgIpc) is 2.68. The molecular weight excluding hydrogens is 328 g/mol. The maximum atomic E-state index is 12.2. The van der Waals surface area contributed by atoms with E-state index in [0.717, 1.165) is 17.4 Å². The van der Waals surface area contributed by atoms with Crippen LogP contribution in [0.15, 0.2) is 36.4 Å². The van der Waals surface area contributed by atoms with Gasteiger partial charge in [0.1, 0.15) is 0 Å². The topological polar surface area (TPSA) is 23.8 Å². The molecular formula is C23H29F2N. The molecule has 0 atom stereocenters. The maximum Gasteiger partial charge on any atom is 0.242 e. The van der Waals surface area contributed by atoms with Crippen LogP contribution in [0.2, 0.25) is 0 Å². The van der Waals surface area contributed by atoms with Gasteiger partial charge >= 0.3 is 0 Å². The number of hydrogen-bond acceptors (Lipinski definition) is 1. The largest absolute Gasteiger partial charge is 0.242 e. The zero-order valence-electron chi connectivity index (χ0n) is 15.4. The van der Waals surface area contributed by atoms with Crippen LogP contribution in [-0.4, -0.2) is 6.43 Å². The highest BCUT2D eigenvalue weighted by molar-refractivity contribution is 5.33. The molecule has 2 aliphatic carbocycles. The number of allylic oxidation sites excluding steroid dienone is 2. The number of alkyl halides is 2. The van der Waals surface area contributed by atoms with Gasteiger partial charge in [-0.25, -0.2) is 8.78 Å². The predicted octanol–water partition coefficient (Wildman–Crippen LogP) is 6.85. The van der Waals surface area contributed by atoms with E-state index in [1.807, 2.05) is 18.2 Å². The van der Waals surface area contributed by atoms with E-state index in [1.54, 1.807) is 6.08 Å². The van der Waals surface area contributed by atoms with Gasteiger partial charge in [-0.15, -0.1) is 0 Å². The second kappa shape index (κ2) is 9.31. The molecule has 1 aromatic carbocycles. The van der Waals surface area contributed by atoms with Crippen molar-refractivity contribution < 1.29 is 8.78 Å². The molecule has 3 rings (SSSR count). The highest BCUT2D eigenvalue weighted by Gasteiger charge is 2.30. The van der Waals surface area contributed by atoms with Crippen LogP contribution in [-0.2, 0) is 0 Å². The Morgan fingerprint density at radius 3 is 2.04 bits per heavy atom. The Bertz CT molecular complexity index is 613. The van der Waals surface area contributed by atoms with Crippen LogP contribution >= 0.6 is 0 Å². The summed E-state index contributed by atoms with van der Waals surface area (Å²) < 4.78 is 24.4. The Hall–Kier alpha value is -1.69. The van der Waals surface area contributed by atoms with Crippen LogP contribution in [0.4, 0.5) is 8.78 Å². The number of benzene rings is 1. The molecule has 0 spiro atoms. The summed E-state index contributed by atoms with van der Waals surface area (Å²) in [6.07, 6.45) is 11.4. The summed E-state index contributed by atoms with van der Waals surface area (Å²) in [6.45, 7) is 0. The Morgan fingerprint density at radius 2 is 1.50 bits per heavy atom. The van der Waals surface area contributed by atoms with Crippen molar-refractivity contribution in [2.24, 2.45) is 17.8 Å². The molecule has 1 aromatic rings. The predicted molar refractivity (Wildman–Crippen MR) is 101 cm³/mol. The second-order valence-electron chi connectivity index (χ2n) is 8.08. The highest BCUT2D eigenvalue weighted by atomic mass is 19.3. The molecule has 0 unspecified atom stereocenters. The van der Waals surface area contributed by atoms with Gasteiger partial charge < -0.3 is 0 Å². The Kier molecular flexibility index (Phi) is 6.83. The molecule has 2 saturated carbocycles. The van der Waals surface area contributed by atoms with Crippen molar-refractivity contribution in [3.8, 4) is 6.07 Å². The van der Waals surface area contributed by atoms with E-state index >= 15 is 0 Å². The molecule has 26 heavy (non-hydrogen) atoms. The first-order valence-corrected chi connectivity index (χ1v) is 10.1. The van der Waals surface area contributed by atoms with E-state index in [4.69, 9.17) is 5.26 Å². The van der Waals surface area contributed by atoms with Crippen molar-refractivity contribution in [3.63, 3.8) is 0 Å². The van der Waals surface area contributed by atoms with Crippen molar-refractivity contribution in [2.75, 3.05) is 0 Å². The molecule has 140 valence electrons. The number of nitriles is 1. The third-order valence-electron chi connectivity index (χ3n) is 6.49. The fourth-order valence-corrected chi connectivity index (χ4v) is 4.94. The summed E-state index contributed by atoms with van der Waals surface area (Å²) in [7, 11) is 0. The third-order valence-corrected chi connectivity index (χ3v) is 6.49. The smallest absolute Gasteiger partial charge is 0.210 e. The van der Waals surface area contributed by atoms with Crippen LogP contribution in [0.1, 0.15) is 74.8 Å². The van der Waals surface area contributed by atoms with E-state index in [1.165, 1.54) is 56.9 Å². The van der Waals surface area contributed by atoms with Crippen molar-refractivity contribution in [3.05, 3.63) is 47.5 Å². The summed E-state index contributed by atoms with van der Waals surface area (Å²) in [4.78, 5) is 0. The minimum absolute atomic E-state index is 0.0979. The molecule has 0 aliphatic heterocycles. The molecule has 0 radical (unpaired) electrons. The van der Waals surface area contributed by atoms with Crippen LogP contribution in [0.25, 0.3) is 0 Å². The summed E-state index contributed by atoms with van der Waals surface area (Å²) in [5.41, 5.74) is 2.12. The minimum atomic E-state index is -2.21. The normalized spacial score (nSPS) is 29.8. The average molecular weight is 357 g/mol. The zero-order valence-corrected chi connectivity index (χ0v) is 15.4. The number of hydrogen-bond donors (Lipinski definition) is 0. The van der Waals surface area contributed by atoms with E-state index in [0.29, 0.717) is 11.8 Å². The summed E-state index contributed by atoms with van der Waals surface area (Å²) >= 11 is 0. The van der Waals surface area contributed by atoms with Gasteiger partial charge in [-0.1, -0.05) is 24.3 Å². The lowest BCUT2D eigenvalue weighted by atomic mass is 9.68. The first kappa shape index (κ1) is 19.1. The van der Waals surface area contributed by atoms with Gasteiger partial charge in [0.25, 0.3) is 0 Å². The molecule has 0 aromatic heterocycles. The monoisotopic (exact) mass is 357 g/mol.